The van der Waals surface area contributed by atoms with Gasteiger partial charge in [-0.2, -0.15) is 0 Å². The van der Waals surface area contributed by atoms with E-state index in [1.165, 1.54) is 0 Å². The maximum Gasteiger partial charge on any atom is 0.254 e. The Morgan fingerprint density at radius 1 is 1.04 bits per heavy atom. The van der Waals surface area contributed by atoms with E-state index in [0.717, 1.165) is 6.42 Å². The second-order valence-corrected chi connectivity index (χ2v) is 6.40. The summed E-state index contributed by atoms with van der Waals surface area (Å²) in [7, 11) is 1.59. The Hall–Kier alpha value is -2.76. The zero-order valence-corrected chi connectivity index (χ0v) is 15.3. The molecule has 1 fully saturated rings. The molecule has 1 aliphatic heterocycles. The van der Waals surface area contributed by atoms with E-state index in [2.05, 4.69) is 0 Å². The number of carbonyl (C=O) groups is 2. The highest BCUT2D eigenvalue weighted by Crippen LogP contribution is 2.19. The van der Waals surface area contributed by atoms with Crippen molar-refractivity contribution in [3.8, 4) is 5.75 Å². The van der Waals surface area contributed by atoms with E-state index in [0.29, 0.717) is 37.5 Å². The summed E-state index contributed by atoms with van der Waals surface area (Å²) in [6.45, 7) is 4.23. The number of hydrogen-bond acceptors (Lipinski definition) is 3. The van der Waals surface area contributed by atoms with E-state index in [1.54, 1.807) is 24.1 Å². The molecular formula is C20H25N3O3. The van der Waals surface area contributed by atoms with Crippen LogP contribution in [-0.2, 0) is 4.79 Å². The van der Waals surface area contributed by atoms with Crippen LogP contribution >= 0.6 is 0 Å². The molecule has 6 nitrogen and oxygen atoms in total. The van der Waals surface area contributed by atoms with Crippen LogP contribution in [0, 0.1) is 0 Å². The van der Waals surface area contributed by atoms with Gasteiger partial charge < -0.3 is 19.1 Å². The van der Waals surface area contributed by atoms with Gasteiger partial charge in [-0.05, 0) is 36.8 Å². The summed E-state index contributed by atoms with van der Waals surface area (Å²) >= 11 is 0. The van der Waals surface area contributed by atoms with Gasteiger partial charge in [0.15, 0.2) is 0 Å². The van der Waals surface area contributed by atoms with Crippen LogP contribution in [0.1, 0.15) is 29.7 Å². The molecule has 0 unspecified atom stereocenters. The largest absolute Gasteiger partial charge is 0.497 e. The number of amides is 2. The van der Waals surface area contributed by atoms with Crippen LogP contribution in [0.3, 0.4) is 0 Å². The van der Waals surface area contributed by atoms with Crippen LogP contribution in [0.15, 0.2) is 48.8 Å². The monoisotopic (exact) mass is 355 g/mol. The minimum absolute atomic E-state index is 0.0200. The zero-order valence-electron chi connectivity index (χ0n) is 15.3. The normalized spacial score (nSPS) is 15.6. The third kappa shape index (κ3) is 3.74. The van der Waals surface area contributed by atoms with Gasteiger partial charge in [0.2, 0.25) is 5.91 Å². The first-order valence-corrected chi connectivity index (χ1v) is 8.98. The molecule has 6 heteroatoms. The van der Waals surface area contributed by atoms with E-state index in [1.807, 2.05) is 53.0 Å². The molecule has 2 heterocycles. The average molecular weight is 355 g/mol. The summed E-state index contributed by atoms with van der Waals surface area (Å²) in [5.41, 5.74) is 0.614. The second kappa shape index (κ2) is 8.08. The Kier molecular flexibility index (Phi) is 5.61. The summed E-state index contributed by atoms with van der Waals surface area (Å²) in [4.78, 5) is 29.2. The number of rotatable bonds is 5. The number of ether oxygens (including phenoxy) is 1. The van der Waals surface area contributed by atoms with Crippen LogP contribution < -0.4 is 4.74 Å². The van der Waals surface area contributed by atoms with Crippen LogP contribution in [0.2, 0.25) is 0 Å². The Bertz CT molecular complexity index is 749. The molecule has 0 spiro atoms. The van der Waals surface area contributed by atoms with Gasteiger partial charge in [-0.15, -0.1) is 0 Å². The van der Waals surface area contributed by atoms with Crippen molar-refractivity contribution in [2.24, 2.45) is 0 Å². The van der Waals surface area contributed by atoms with E-state index < -0.39 is 0 Å². The number of piperazine rings is 1. The highest BCUT2D eigenvalue weighted by atomic mass is 16.5. The Labute approximate surface area is 154 Å². The van der Waals surface area contributed by atoms with Crippen molar-refractivity contribution in [1.82, 2.24) is 14.4 Å². The zero-order chi connectivity index (χ0) is 18.5. The van der Waals surface area contributed by atoms with Gasteiger partial charge in [0.05, 0.1) is 7.11 Å². The maximum absolute atomic E-state index is 12.8. The fraction of sp³-hybridized carbons (Fsp3) is 0.400. The Balaban J connectivity index is 1.61. The standard InChI is InChI=1S/C20H25N3O3/c1-3-18(21-9-4-5-10-21)20(25)23-13-11-22(12-14-23)19(24)16-7-6-8-17(15-16)26-2/h4-10,15,18H,3,11-14H2,1-2H3/t18-/m1/s1. The molecule has 0 N–H and O–H groups in total. The van der Waals surface area contributed by atoms with Crippen LogP contribution in [-0.4, -0.2) is 59.5 Å². The van der Waals surface area contributed by atoms with Crippen molar-refractivity contribution in [2.75, 3.05) is 33.3 Å². The van der Waals surface area contributed by atoms with Crippen LogP contribution in [0.25, 0.3) is 0 Å². The third-order valence-corrected chi connectivity index (χ3v) is 4.85. The average Bonchev–Trinajstić information content (AvgIpc) is 3.22. The number of carbonyl (C=O) groups excluding carboxylic acids is 2. The van der Waals surface area contributed by atoms with Gasteiger partial charge in [-0.1, -0.05) is 13.0 Å². The summed E-state index contributed by atoms with van der Waals surface area (Å²) in [6.07, 6.45) is 4.60. The predicted octanol–water partition coefficient (Wildman–Crippen LogP) is 2.43. The van der Waals surface area contributed by atoms with E-state index in [9.17, 15) is 9.59 Å². The van der Waals surface area contributed by atoms with Crippen molar-refractivity contribution in [1.29, 1.82) is 0 Å². The quantitative estimate of drug-likeness (QED) is 0.828. The van der Waals surface area contributed by atoms with Crippen LogP contribution in [0.4, 0.5) is 0 Å². The SMILES string of the molecule is CC[C@H](C(=O)N1CCN(C(=O)c2cccc(OC)c2)CC1)n1cccc1. The topological polar surface area (TPSA) is 54.8 Å². The molecular weight excluding hydrogens is 330 g/mol. The molecule has 0 aliphatic carbocycles. The van der Waals surface area contributed by atoms with Crippen molar-refractivity contribution < 1.29 is 14.3 Å². The summed E-state index contributed by atoms with van der Waals surface area (Å²) in [5.74, 6) is 0.771. The first-order valence-electron chi connectivity index (χ1n) is 8.98. The molecule has 138 valence electrons. The lowest BCUT2D eigenvalue weighted by Crippen LogP contribution is -2.52. The number of methoxy groups -OCH3 is 1. The molecule has 26 heavy (non-hydrogen) atoms. The van der Waals surface area contributed by atoms with Crippen molar-refractivity contribution in [2.45, 2.75) is 19.4 Å². The van der Waals surface area contributed by atoms with Gasteiger partial charge in [0.1, 0.15) is 11.8 Å². The summed E-state index contributed by atoms with van der Waals surface area (Å²) in [5, 5.41) is 0. The number of benzene rings is 1. The molecule has 1 saturated heterocycles. The Morgan fingerprint density at radius 2 is 1.69 bits per heavy atom. The van der Waals surface area contributed by atoms with Gasteiger partial charge in [0, 0.05) is 44.1 Å². The first-order chi connectivity index (χ1) is 12.6. The highest BCUT2D eigenvalue weighted by Gasteiger charge is 2.29. The van der Waals surface area contributed by atoms with E-state index >= 15 is 0 Å². The lowest BCUT2D eigenvalue weighted by Gasteiger charge is -2.36. The molecule has 0 radical (unpaired) electrons. The fourth-order valence-corrected chi connectivity index (χ4v) is 3.35. The molecule has 0 bridgehead atoms. The van der Waals surface area contributed by atoms with Gasteiger partial charge >= 0.3 is 0 Å². The Morgan fingerprint density at radius 3 is 2.31 bits per heavy atom. The molecule has 2 amide bonds. The van der Waals surface area contributed by atoms with Crippen molar-refractivity contribution in [3.63, 3.8) is 0 Å². The fourth-order valence-electron chi connectivity index (χ4n) is 3.35. The summed E-state index contributed by atoms with van der Waals surface area (Å²) in [6, 6.07) is 10.9. The van der Waals surface area contributed by atoms with Gasteiger partial charge in [-0.3, -0.25) is 9.59 Å². The predicted molar refractivity (Wildman–Crippen MR) is 99.2 cm³/mol. The van der Waals surface area contributed by atoms with Gasteiger partial charge in [-0.25, -0.2) is 0 Å². The molecule has 0 saturated carbocycles. The minimum atomic E-state index is -0.175. The molecule has 1 aliphatic rings. The molecule has 1 aromatic carbocycles. The maximum atomic E-state index is 12.8. The molecule has 3 rings (SSSR count). The van der Waals surface area contributed by atoms with Crippen molar-refractivity contribution in [3.05, 3.63) is 54.4 Å². The molecule has 2 aromatic rings. The lowest BCUT2D eigenvalue weighted by molar-refractivity contribution is -0.136. The van der Waals surface area contributed by atoms with E-state index in [4.69, 9.17) is 4.74 Å². The number of aromatic nitrogens is 1. The minimum Gasteiger partial charge on any atom is -0.497 e. The highest BCUT2D eigenvalue weighted by molar-refractivity contribution is 5.94. The smallest absolute Gasteiger partial charge is 0.254 e. The summed E-state index contributed by atoms with van der Waals surface area (Å²) < 4.78 is 7.14. The third-order valence-electron chi connectivity index (χ3n) is 4.85. The first kappa shape index (κ1) is 18.0. The second-order valence-electron chi connectivity index (χ2n) is 6.40. The number of hydrogen-bond donors (Lipinski definition) is 0. The van der Waals surface area contributed by atoms with E-state index in [-0.39, 0.29) is 17.9 Å². The number of nitrogens with zero attached hydrogens (tertiary/aromatic N) is 3. The van der Waals surface area contributed by atoms with Gasteiger partial charge in [0.25, 0.3) is 5.91 Å². The van der Waals surface area contributed by atoms with Crippen molar-refractivity contribution >= 4 is 11.8 Å². The van der Waals surface area contributed by atoms with Crippen LogP contribution in [0.5, 0.6) is 5.75 Å². The molecule has 1 atom stereocenters. The molecule has 1 aromatic heterocycles. The lowest BCUT2D eigenvalue weighted by atomic mass is 10.1.